The van der Waals surface area contributed by atoms with E-state index in [9.17, 15) is 4.79 Å². The van der Waals surface area contributed by atoms with Crippen molar-refractivity contribution in [3.8, 4) is 0 Å². The number of hydrogen-bond donors (Lipinski definition) is 0. The first-order chi connectivity index (χ1) is 8.24. The summed E-state index contributed by atoms with van der Waals surface area (Å²) in [4.78, 5) is 14.0. The zero-order valence-corrected chi connectivity index (χ0v) is 11.1. The van der Waals surface area contributed by atoms with E-state index in [0.29, 0.717) is 10.4 Å². The molecule has 17 heavy (non-hydrogen) atoms. The standard InChI is InChI=1S/C13H14BrNO2/c14-12-4-3-11(17-12)13(16)15-7-5-10(6-8-15)9-1-2-9/h3-4H,1-2,5-8H2. The molecule has 1 saturated heterocycles. The van der Waals surface area contributed by atoms with E-state index in [1.807, 2.05) is 4.90 Å². The van der Waals surface area contributed by atoms with Gasteiger partial charge in [-0.3, -0.25) is 4.79 Å². The summed E-state index contributed by atoms with van der Waals surface area (Å²) in [5.41, 5.74) is 3.23. The van der Waals surface area contributed by atoms with Crippen molar-refractivity contribution < 1.29 is 9.21 Å². The van der Waals surface area contributed by atoms with E-state index in [2.05, 4.69) is 15.9 Å². The molecule has 3 nitrogen and oxygen atoms in total. The fraction of sp³-hybridized carbons (Fsp3) is 0.462. The Hall–Kier alpha value is -1.03. The van der Waals surface area contributed by atoms with Crippen LogP contribution in [0.2, 0.25) is 0 Å². The molecule has 2 heterocycles. The highest BCUT2D eigenvalue weighted by molar-refractivity contribution is 9.10. The maximum Gasteiger partial charge on any atom is 0.289 e. The first-order valence-corrected chi connectivity index (χ1v) is 6.78. The number of halogens is 1. The van der Waals surface area contributed by atoms with Crippen LogP contribution in [0.15, 0.2) is 32.4 Å². The van der Waals surface area contributed by atoms with E-state index in [0.717, 1.165) is 25.9 Å². The predicted molar refractivity (Wildman–Crippen MR) is 67.8 cm³/mol. The molecule has 1 aliphatic carbocycles. The van der Waals surface area contributed by atoms with Crippen LogP contribution >= 0.6 is 15.9 Å². The third-order valence-electron chi connectivity index (χ3n) is 3.44. The summed E-state index contributed by atoms with van der Waals surface area (Å²) in [5.74, 6) is 0.440. The molecular formula is C13H14BrNO2. The molecule has 0 spiro atoms. The number of hydrogen-bond acceptors (Lipinski definition) is 2. The van der Waals surface area contributed by atoms with Crippen LogP contribution in [0, 0.1) is 0 Å². The highest BCUT2D eigenvalue weighted by Gasteiger charge is 2.26. The lowest BCUT2D eigenvalue weighted by Gasteiger charge is -2.27. The van der Waals surface area contributed by atoms with Gasteiger partial charge in [-0.25, -0.2) is 0 Å². The Kier molecular flexibility index (Phi) is 2.82. The zero-order chi connectivity index (χ0) is 11.8. The molecular weight excluding hydrogens is 282 g/mol. The minimum Gasteiger partial charge on any atom is -0.444 e. The Morgan fingerprint density at radius 1 is 1.12 bits per heavy atom. The molecule has 0 unspecified atom stereocenters. The maximum absolute atomic E-state index is 12.1. The molecule has 3 rings (SSSR count). The number of rotatable bonds is 1. The lowest BCUT2D eigenvalue weighted by Crippen LogP contribution is -2.36. The first-order valence-electron chi connectivity index (χ1n) is 5.98. The molecule has 2 fully saturated rings. The molecule has 1 amide bonds. The highest BCUT2D eigenvalue weighted by atomic mass is 79.9. The number of furan rings is 1. The van der Waals surface area contributed by atoms with Crippen LogP contribution in [0.4, 0.5) is 0 Å². The number of carbonyl (C=O) groups excluding carboxylic acids is 1. The van der Waals surface area contributed by atoms with Gasteiger partial charge >= 0.3 is 0 Å². The van der Waals surface area contributed by atoms with Crippen molar-refractivity contribution in [3.63, 3.8) is 0 Å². The number of nitrogens with zero attached hydrogens (tertiary/aromatic N) is 1. The van der Waals surface area contributed by atoms with Gasteiger partial charge in [0.15, 0.2) is 10.4 Å². The summed E-state index contributed by atoms with van der Waals surface area (Å²) >= 11 is 3.22. The topological polar surface area (TPSA) is 33.5 Å². The van der Waals surface area contributed by atoms with Gasteiger partial charge in [-0.05, 0) is 53.7 Å². The lowest BCUT2D eigenvalue weighted by molar-refractivity contribution is 0.0710. The molecule has 0 bridgehead atoms. The lowest BCUT2D eigenvalue weighted by atomic mass is 10.0. The first kappa shape index (κ1) is 11.1. The van der Waals surface area contributed by atoms with E-state index in [4.69, 9.17) is 4.42 Å². The molecule has 0 N–H and O–H groups in total. The monoisotopic (exact) mass is 295 g/mol. The molecule has 4 heteroatoms. The van der Waals surface area contributed by atoms with Crippen LogP contribution in [0.1, 0.15) is 36.2 Å². The summed E-state index contributed by atoms with van der Waals surface area (Å²) in [6, 6.07) is 3.48. The van der Waals surface area contributed by atoms with E-state index >= 15 is 0 Å². The van der Waals surface area contributed by atoms with Crippen molar-refractivity contribution in [1.29, 1.82) is 0 Å². The van der Waals surface area contributed by atoms with Gasteiger partial charge < -0.3 is 9.32 Å². The smallest absolute Gasteiger partial charge is 0.289 e. The van der Waals surface area contributed by atoms with E-state index in [1.54, 1.807) is 23.3 Å². The minimum atomic E-state index is 0.00977. The Morgan fingerprint density at radius 3 is 2.29 bits per heavy atom. The second-order valence-electron chi connectivity index (χ2n) is 4.60. The summed E-state index contributed by atoms with van der Waals surface area (Å²) in [5, 5.41) is 0. The molecule has 1 saturated carbocycles. The van der Waals surface area contributed by atoms with Crippen molar-refractivity contribution in [2.75, 3.05) is 13.1 Å². The van der Waals surface area contributed by atoms with Gasteiger partial charge in [-0.2, -0.15) is 0 Å². The van der Waals surface area contributed by atoms with Gasteiger partial charge in [0.1, 0.15) is 0 Å². The fourth-order valence-corrected chi connectivity index (χ4v) is 2.64. The van der Waals surface area contributed by atoms with Gasteiger partial charge in [0.05, 0.1) is 0 Å². The molecule has 1 aliphatic heterocycles. The molecule has 1 aromatic rings. The van der Waals surface area contributed by atoms with Crippen LogP contribution in [-0.2, 0) is 0 Å². The van der Waals surface area contributed by atoms with Crippen LogP contribution in [0.3, 0.4) is 0 Å². The summed E-state index contributed by atoms with van der Waals surface area (Å²) < 4.78 is 5.91. The van der Waals surface area contributed by atoms with Gasteiger partial charge in [0, 0.05) is 13.1 Å². The molecule has 0 aromatic carbocycles. The van der Waals surface area contributed by atoms with E-state index < -0.39 is 0 Å². The Morgan fingerprint density at radius 2 is 1.76 bits per heavy atom. The Labute approximate surface area is 109 Å². The fourth-order valence-electron chi connectivity index (χ4n) is 2.33. The van der Waals surface area contributed by atoms with Crippen molar-refractivity contribution >= 4 is 21.8 Å². The average molecular weight is 296 g/mol. The van der Waals surface area contributed by atoms with Crippen molar-refractivity contribution in [1.82, 2.24) is 4.90 Å². The maximum atomic E-state index is 12.1. The SMILES string of the molecule is O=C(c1ccc(Br)o1)N1CCC(=C2CC2)CC1. The average Bonchev–Trinajstić information content (AvgIpc) is 3.11. The summed E-state index contributed by atoms with van der Waals surface area (Å²) in [7, 11) is 0. The van der Waals surface area contributed by atoms with Crippen molar-refractivity contribution in [2.45, 2.75) is 25.7 Å². The van der Waals surface area contributed by atoms with Crippen molar-refractivity contribution in [2.24, 2.45) is 0 Å². The molecule has 90 valence electrons. The number of likely N-dealkylation sites (tertiary alicyclic amines) is 1. The van der Waals surface area contributed by atoms with Gasteiger partial charge in [0.2, 0.25) is 0 Å². The van der Waals surface area contributed by atoms with Gasteiger partial charge in [-0.15, -0.1) is 0 Å². The second kappa shape index (κ2) is 4.33. The van der Waals surface area contributed by atoms with Crippen LogP contribution < -0.4 is 0 Å². The van der Waals surface area contributed by atoms with Crippen LogP contribution in [0.25, 0.3) is 0 Å². The predicted octanol–water partition coefficient (Wildman–Crippen LogP) is 3.37. The Bertz CT molecular complexity index is 473. The molecule has 2 aliphatic rings. The van der Waals surface area contributed by atoms with Crippen LogP contribution in [-0.4, -0.2) is 23.9 Å². The third kappa shape index (κ3) is 2.32. The summed E-state index contributed by atoms with van der Waals surface area (Å²) in [6.45, 7) is 1.66. The third-order valence-corrected chi connectivity index (χ3v) is 3.86. The number of allylic oxidation sites excluding steroid dienone is 1. The Balaban J connectivity index is 1.66. The largest absolute Gasteiger partial charge is 0.444 e. The molecule has 0 radical (unpaired) electrons. The summed E-state index contributed by atoms with van der Waals surface area (Å²) in [6.07, 6.45) is 4.66. The van der Waals surface area contributed by atoms with Gasteiger partial charge in [-0.1, -0.05) is 11.1 Å². The van der Waals surface area contributed by atoms with E-state index in [-0.39, 0.29) is 5.91 Å². The van der Waals surface area contributed by atoms with Crippen molar-refractivity contribution in [3.05, 3.63) is 33.7 Å². The van der Waals surface area contributed by atoms with Gasteiger partial charge in [0.25, 0.3) is 5.91 Å². The second-order valence-corrected chi connectivity index (χ2v) is 5.38. The minimum absolute atomic E-state index is 0.00977. The quantitative estimate of drug-likeness (QED) is 0.744. The number of carbonyl (C=O) groups is 1. The van der Waals surface area contributed by atoms with Crippen LogP contribution in [0.5, 0.6) is 0 Å². The molecule has 1 aromatic heterocycles. The number of amides is 1. The normalized spacial score (nSPS) is 19.7. The zero-order valence-electron chi connectivity index (χ0n) is 9.54. The highest BCUT2D eigenvalue weighted by Crippen LogP contribution is 2.36. The number of piperidine rings is 1. The van der Waals surface area contributed by atoms with E-state index in [1.165, 1.54) is 12.8 Å². The molecule has 0 atom stereocenters.